The highest BCUT2D eigenvalue weighted by molar-refractivity contribution is 5.28. The van der Waals surface area contributed by atoms with Crippen LogP contribution in [0, 0.1) is 0 Å². The molecule has 1 heterocycles. The van der Waals surface area contributed by atoms with E-state index in [1.807, 2.05) is 10.8 Å². The molecule has 6 heteroatoms. The van der Waals surface area contributed by atoms with Crippen LogP contribution in [0.15, 0.2) is 36.7 Å². The molecular formula is C15H18F2N2O2. The maximum atomic E-state index is 12.1. The van der Waals surface area contributed by atoms with E-state index in [0.29, 0.717) is 12.1 Å². The van der Waals surface area contributed by atoms with Crippen LogP contribution in [0.1, 0.15) is 30.8 Å². The normalized spacial score (nSPS) is 12.6. The first-order chi connectivity index (χ1) is 10.1. The molecule has 4 nitrogen and oxygen atoms in total. The van der Waals surface area contributed by atoms with Gasteiger partial charge in [-0.25, -0.2) is 4.98 Å². The van der Waals surface area contributed by atoms with Crippen molar-refractivity contribution < 1.29 is 18.6 Å². The number of nitrogens with zero attached hydrogens (tertiary/aromatic N) is 2. The molecule has 1 aromatic carbocycles. The van der Waals surface area contributed by atoms with Crippen LogP contribution in [0.5, 0.6) is 5.75 Å². The maximum Gasteiger partial charge on any atom is 0.387 e. The number of aliphatic hydroxyl groups is 1. The van der Waals surface area contributed by atoms with Gasteiger partial charge in [0.25, 0.3) is 0 Å². The van der Waals surface area contributed by atoms with E-state index in [4.69, 9.17) is 0 Å². The molecule has 1 atom stereocenters. The maximum absolute atomic E-state index is 12.1. The lowest BCUT2D eigenvalue weighted by atomic mass is 10.1. The zero-order valence-corrected chi connectivity index (χ0v) is 11.7. The van der Waals surface area contributed by atoms with Crippen LogP contribution in [-0.2, 0) is 13.0 Å². The van der Waals surface area contributed by atoms with E-state index in [1.165, 1.54) is 12.1 Å². The van der Waals surface area contributed by atoms with Crippen LogP contribution in [0.4, 0.5) is 8.78 Å². The number of aryl methyl sites for hydroxylation is 1. The molecule has 21 heavy (non-hydrogen) atoms. The molecule has 0 radical (unpaired) electrons. The minimum atomic E-state index is -2.84. The van der Waals surface area contributed by atoms with Gasteiger partial charge < -0.3 is 14.4 Å². The molecular weight excluding hydrogens is 278 g/mol. The van der Waals surface area contributed by atoms with Crippen molar-refractivity contribution in [1.82, 2.24) is 9.55 Å². The van der Waals surface area contributed by atoms with Crippen molar-refractivity contribution in [2.75, 3.05) is 0 Å². The van der Waals surface area contributed by atoms with Gasteiger partial charge in [0.1, 0.15) is 11.6 Å². The molecule has 0 aliphatic heterocycles. The molecule has 0 saturated heterocycles. The molecule has 0 amide bonds. The zero-order chi connectivity index (χ0) is 15.2. The van der Waals surface area contributed by atoms with Crippen LogP contribution in [0.25, 0.3) is 0 Å². The Kier molecular flexibility index (Phi) is 5.27. The van der Waals surface area contributed by atoms with Gasteiger partial charge in [0.2, 0.25) is 0 Å². The van der Waals surface area contributed by atoms with E-state index in [0.717, 1.165) is 18.7 Å². The van der Waals surface area contributed by atoms with Crippen molar-refractivity contribution in [3.8, 4) is 5.75 Å². The Morgan fingerprint density at radius 3 is 2.62 bits per heavy atom. The van der Waals surface area contributed by atoms with Gasteiger partial charge >= 0.3 is 6.61 Å². The Morgan fingerprint density at radius 1 is 1.29 bits per heavy atom. The van der Waals surface area contributed by atoms with E-state index < -0.39 is 12.7 Å². The van der Waals surface area contributed by atoms with Crippen LogP contribution in [-0.4, -0.2) is 21.3 Å². The molecule has 0 aliphatic carbocycles. The summed E-state index contributed by atoms with van der Waals surface area (Å²) < 4.78 is 30.3. The van der Waals surface area contributed by atoms with E-state index in [-0.39, 0.29) is 5.75 Å². The van der Waals surface area contributed by atoms with E-state index in [1.54, 1.807) is 18.3 Å². The Balaban J connectivity index is 2.02. The Bertz CT molecular complexity index is 555. The Morgan fingerprint density at radius 2 is 2.00 bits per heavy atom. The lowest BCUT2D eigenvalue weighted by molar-refractivity contribution is -0.0498. The summed E-state index contributed by atoms with van der Waals surface area (Å²) in [7, 11) is 0. The molecule has 1 aromatic heterocycles. The number of hydrogen-bond acceptors (Lipinski definition) is 3. The second kappa shape index (κ2) is 7.17. The number of hydrogen-bond donors (Lipinski definition) is 1. The number of aliphatic hydroxyl groups excluding tert-OH is 1. The molecule has 2 aromatic rings. The topological polar surface area (TPSA) is 47.3 Å². The molecule has 0 saturated carbocycles. The van der Waals surface area contributed by atoms with Crippen molar-refractivity contribution in [1.29, 1.82) is 0 Å². The fraction of sp³-hybridized carbons (Fsp3) is 0.400. The molecule has 0 aliphatic rings. The van der Waals surface area contributed by atoms with Gasteiger partial charge in [-0.2, -0.15) is 8.78 Å². The minimum absolute atomic E-state index is 0.0789. The zero-order valence-electron chi connectivity index (χ0n) is 11.7. The lowest BCUT2D eigenvalue weighted by Gasteiger charge is -2.14. The Labute approximate surface area is 122 Å². The van der Waals surface area contributed by atoms with Gasteiger partial charge in [0.05, 0.1) is 12.6 Å². The minimum Gasteiger partial charge on any atom is -0.435 e. The fourth-order valence-corrected chi connectivity index (χ4v) is 2.12. The van der Waals surface area contributed by atoms with Gasteiger partial charge in [0, 0.05) is 18.8 Å². The molecule has 1 N–H and O–H groups in total. The SMILES string of the molecule is CCCc1nccn1CC(O)c1ccc(OC(F)F)cc1. The predicted octanol–water partition coefficient (Wildman–Crippen LogP) is 3.17. The summed E-state index contributed by atoms with van der Waals surface area (Å²) in [6.07, 6.45) is 4.63. The third kappa shape index (κ3) is 4.26. The van der Waals surface area contributed by atoms with Gasteiger partial charge in [0.15, 0.2) is 0 Å². The monoisotopic (exact) mass is 296 g/mol. The summed E-state index contributed by atoms with van der Waals surface area (Å²) in [4.78, 5) is 4.25. The second-order valence-electron chi connectivity index (χ2n) is 4.71. The van der Waals surface area contributed by atoms with Gasteiger partial charge in [-0.3, -0.25) is 0 Å². The molecule has 114 valence electrons. The van der Waals surface area contributed by atoms with Crippen LogP contribution in [0.2, 0.25) is 0 Å². The summed E-state index contributed by atoms with van der Waals surface area (Å²) in [6.45, 7) is -0.398. The van der Waals surface area contributed by atoms with Gasteiger partial charge in [-0.15, -0.1) is 0 Å². The molecule has 1 unspecified atom stereocenters. The van der Waals surface area contributed by atoms with Crippen LogP contribution < -0.4 is 4.74 Å². The number of alkyl halides is 2. The number of rotatable bonds is 7. The first-order valence-electron chi connectivity index (χ1n) is 6.83. The van der Waals surface area contributed by atoms with Gasteiger partial charge in [-0.1, -0.05) is 19.1 Å². The van der Waals surface area contributed by atoms with Crippen molar-refractivity contribution in [3.05, 3.63) is 48.0 Å². The third-order valence-electron chi connectivity index (χ3n) is 3.13. The highest BCUT2D eigenvalue weighted by Crippen LogP contribution is 2.21. The van der Waals surface area contributed by atoms with E-state index in [9.17, 15) is 13.9 Å². The first kappa shape index (κ1) is 15.4. The van der Waals surface area contributed by atoms with Crippen LogP contribution in [0.3, 0.4) is 0 Å². The largest absolute Gasteiger partial charge is 0.435 e. The van der Waals surface area contributed by atoms with Gasteiger partial charge in [-0.05, 0) is 24.1 Å². The van der Waals surface area contributed by atoms with Crippen molar-refractivity contribution >= 4 is 0 Å². The fourth-order valence-electron chi connectivity index (χ4n) is 2.12. The number of benzene rings is 1. The lowest BCUT2D eigenvalue weighted by Crippen LogP contribution is -2.11. The predicted molar refractivity (Wildman–Crippen MR) is 74.3 cm³/mol. The molecule has 0 bridgehead atoms. The summed E-state index contributed by atoms with van der Waals surface area (Å²) in [5.41, 5.74) is 0.646. The summed E-state index contributed by atoms with van der Waals surface area (Å²) in [5, 5.41) is 10.2. The van der Waals surface area contributed by atoms with Crippen molar-refractivity contribution in [2.45, 2.75) is 39.0 Å². The Hall–Kier alpha value is -1.95. The number of halogens is 2. The summed E-state index contributed by atoms with van der Waals surface area (Å²) >= 11 is 0. The quantitative estimate of drug-likeness (QED) is 0.853. The third-order valence-corrected chi connectivity index (χ3v) is 3.13. The van der Waals surface area contributed by atoms with E-state index in [2.05, 4.69) is 16.6 Å². The average Bonchev–Trinajstić information content (AvgIpc) is 2.86. The summed E-state index contributed by atoms with van der Waals surface area (Å²) in [5.74, 6) is 1.00. The summed E-state index contributed by atoms with van der Waals surface area (Å²) in [6, 6.07) is 6.01. The molecule has 2 rings (SSSR count). The second-order valence-corrected chi connectivity index (χ2v) is 4.71. The molecule has 0 spiro atoms. The highest BCUT2D eigenvalue weighted by atomic mass is 19.3. The molecule has 0 fully saturated rings. The number of aromatic nitrogens is 2. The average molecular weight is 296 g/mol. The number of imidazole rings is 1. The van der Waals surface area contributed by atoms with Crippen molar-refractivity contribution in [2.24, 2.45) is 0 Å². The smallest absolute Gasteiger partial charge is 0.387 e. The first-order valence-corrected chi connectivity index (χ1v) is 6.83. The van der Waals surface area contributed by atoms with E-state index >= 15 is 0 Å². The van der Waals surface area contributed by atoms with Crippen LogP contribution >= 0.6 is 0 Å². The standard InChI is InChI=1S/C15H18F2N2O2/c1-2-3-14-18-8-9-19(14)10-13(20)11-4-6-12(7-5-11)21-15(16)17/h4-9,13,15,20H,2-3,10H2,1H3. The van der Waals surface area contributed by atoms with Crippen molar-refractivity contribution in [3.63, 3.8) is 0 Å². The number of ether oxygens (including phenoxy) is 1. The highest BCUT2D eigenvalue weighted by Gasteiger charge is 2.12.